The minimum atomic E-state index is -1.34. The Kier molecular flexibility index (Phi) is 4.21. The Morgan fingerprint density at radius 3 is 2.18 bits per heavy atom. The fourth-order valence-corrected chi connectivity index (χ4v) is 1.67. The summed E-state index contributed by atoms with van der Waals surface area (Å²) in [5.74, 6) is -2.63. The van der Waals surface area contributed by atoms with Crippen molar-refractivity contribution in [3.05, 3.63) is 35.4 Å². The van der Waals surface area contributed by atoms with Crippen molar-refractivity contribution < 1.29 is 29.0 Å². The van der Waals surface area contributed by atoms with E-state index >= 15 is 0 Å². The zero-order chi connectivity index (χ0) is 16.3. The zero-order valence-electron chi connectivity index (χ0n) is 11.4. The molecule has 22 heavy (non-hydrogen) atoms. The van der Waals surface area contributed by atoms with Crippen LogP contribution in [0.4, 0.5) is 4.79 Å². The van der Waals surface area contributed by atoms with Gasteiger partial charge in [0.15, 0.2) is 0 Å². The van der Waals surface area contributed by atoms with Crippen molar-refractivity contribution in [3.8, 4) is 5.75 Å². The van der Waals surface area contributed by atoms with Crippen molar-refractivity contribution in [2.45, 2.75) is 13.0 Å². The number of amides is 4. The number of urea groups is 1. The fourth-order valence-electron chi connectivity index (χ4n) is 1.67. The van der Waals surface area contributed by atoms with Crippen LogP contribution in [-0.4, -0.2) is 29.9 Å². The van der Waals surface area contributed by atoms with Crippen molar-refractivity contribution >= 4 is 29.9 Å². The van der Waals surface area contributed by atoms with Gasteiger partial charge in [-0.2, -0.15) is 0 Å². The van der Waals surface area contributed by atoms with E-state index in [-0.39, 0.29) is 5.57 Å². The normalized spacial score (nSPS) is 15.7. The first-order chi connectivity index (χ1) is 10.4. The number of ether oxygens (including phenoxy) is 1. The lowest BCUT2D eigenvalue weighted by Gasteiger charge is -2.15. The maximum Gasteiger partial charge on any atom is 0.328 e. The van der Waals surface area contributed by atoms with Gasteiger partial charge in [-0.1, -0.05) is 12.1 Å². The molecule has 0 spiro atoms. The first kappa shape index (κ1) is 15.2. The number of nitrogens with one attached hydrogen (secondary N) is 2. The standard InChI is InChI=1S/C14H12N2O6/c1-7(13(19)20)22-9-4-2-8(3-5-9)6-10-11(17)15-14(21)16-12(10)18/h2-7H,1H3,(H,19,20)(H2,15,16,17,18,21)/p-1/t7-/m1/s1. The number of carbonyl (C=O) groups is 4. The van der Waals surface area contributed by atoms with Gasteiger partial charge in [0.05, 0.1) is 5.97 Å². The number of benzene rings is 1. The Morgan fingerprint density at radius 2 is 1.68 bits per heavy atom. The van der Waals surface area contributed by atoms with Crippen LogP contribution in [0.2, 0.25) is 0 Å². The number of carbonyl (C=O) groups excluding carboxylic acids is 4. The summed E-state index contributed by atoms with van der Waals surface area (Å²) in [5, 5.41) is 14.5. The maximum absolute atomic E-state index is 11.5. The van der Waals surface area contributed by atoms with Crippen molar-refractivity contribution in [2.75, 3.05) is 0 Å². The number of hydrogen-bond donors (Lipinski definition) is 2. The second kappa shape index (κ2) is 6.08. The van der Waals surface area contributed by atoms with Crippen LogP contribution in [0.1, 0.15) is 12.5 Å². The highest BCUT2D eigenvalue weighted by Crippen LogP contribution is 2.16. The summed E-state index contributed by atoms with van der Waals surface area (Å²) in [7, 11) is 0. The molecule has 1 aromatic carbocycles. The van der Waals surface area contributed by atoms with E-state index in [0.717, 1.165) is 0 Å². The number of hydrogen-bond acceptors (Lipinski definition) is 6. The molecule has 1 heterocycles. The van der Waals surface area contributed by atoms with Gasteiger partial charge < -0.3 is 14.6 Å². The van der Waals surface area contributed by atoms with Crippen LogP contribution in [0.5, 0.6) is 5.75 Å². The van der Waals surface area contributed by atoms with Crippen molar-refractivity contribution in [1.29, 1.82) is 0 Å². The summed E-state index contributed by atoms with van der Waals surface area (Å²) >= 11 is 0. The maximum atomic E-state index is 11.5. The smallest absolute Gasteiger partial charge is 0.328 e. The van der Waals surface area contributed by atoms with Crippen LogP contribution >= 0.6 is 0 Å². The van der Waals surface area contributed by atoms with E-state index in [1.165, 1.54) is 37.3 Å². The Morgan fingerprint density at radius 1 is 1.14 bits per heavy atom. The molecule has 1 aliphatic heterocycles. The second-order valence-electron chi connectivity index (χ2n) is 4.44. The quantitative estimate of drug-likeness (QED) is 0.540. The van der Waals surface area contributed by atoms with E-state index in [1.54, 1.807) is 0 Å². The molecule has 8 nitrogen and oxygen atoms in total. The molecule has 1 fully saturated rings. The molecule has 114 valence electrons. The Hall–Kier alpha value is -3.16. The van der Waals surface area contributed by atoms with E-state index in [1.807, 2.05) is 10.6 Å². The van der Waals surface area contributed by atoms with E-state index in [2.05, 4.69) is 0 Å². The first-order valence-electron chi connectivity index (χ1n) is 6.23. The fraction of sp³-hybridized carbons (Fsp3) is 0.143. The molecule has 0 saturated carbocycles. The lowest BCUT2D eigenvalue weighted by molar-refractivity contribution is -0.312. The van der Waals surface area contributed by atoms with Crippen molar-refractivity contribution in [2.24, 2.45) is 0 Å². The van der Waals surface area contributed by atoms with Gasteiger partial charge in [-0.25, -0.2) is 4.79 Å². The van der Waals surface area contributed by atoms with Gasteiger partial charge in [-0.15, -0.1) is 0 Å². The van der Waals surface area contributed by atoms with Gasteiger partial charge in [0, 0.05) is 0 Å². The van der Waals surface area contributed by atoms with Crippen LogP contribution in [0.25, 0.3) is 6.08 Å². The number of aliphatic carboxylic acids is 1. The van der Waals surface area contributed by atoms with Gasteiger partial charge in [0.2, 0.25) is 0 Å². The predicted molar refractivity (Wildman–Crippen MR) is 71.2 cm³/mol. The van der Waals surface area contributed by atoms with Gasteiger partial charge >= 0.3 is 6.03 Å². The molecular weight excluding hydrogens is 292 g/mol. The highest BCUT2D eigenvalue weighted by Gasteiger charge is 2.27. The van der Waals surface area contributed by atoms with Crippen molar-refractivity contribution in [3.63, 3.8) is 0 Å². The molecule has 2 rings (SSSR count). The van der Waals surface area contributed by atoms with E-state index < -0.39 is 29.9 Å². The van der Waals surface area contributed by atoms with Crippen LogP contribution < -0.4 is 20.5 Å². The predicted octanol–water partition coefficient (Wildman–Crippen LogP) is -1.05. The Balaban J connectivity index is 2.15. The number of imide groups is 2. The molecule has 0 radical (unpaired) electrons. The number of rotatable bonds is 4. The number of carboxylic acids is 1. The Bertz CT molecular complexity index is 655. The molecule has 0 aromatic heterocycles. The monoisotopic (exact) mass is 303 g/mol. The van der Waals surface area contributed by atoms with Crippen molar-refractivity contribution in [1.82, 2.24) is 10.6 Å². The third kappa shape index (κ3) is 3.48. The van der Waals surface area contributed by atoms with E-state index in [9.17, 15) is 24.3 Å². The number of barbiturate groups is 1. The van der Waals surface area contributed by atoms with Gasteiger partial charge in [0.25, 0.3) is 11.8 Å². The van der Waals surface area contributed by atoms with Gasteiger partial charge in [-0.3, -0.25) is 20.2 Å². The number of carboxylic acid groups (broad SMARTS) is 1. The minimum absolute atomic E-state index is 0.212. The molecule has 8 heteroatoms. The molecule has 0 bridgehead atoms. The van der Waals surface area contributed by atoms with E-state index in [4.69, 9.17) is 4.74 Å². The highest BCUT2D eigenvalue weighted by atomic mass is 16.5. The van der Waals surface area contributed by atoms with Gasteiger partial charge in [0.1, 0.15) is 17.4 Å². The average Bonchev–Trinajstić information content (AvgIpc) is 2.44. The second-order valence-corrected chi connectivity index (χ2v) is 4.44. The Labute approximate surface area is 124 Å². The molecule has 1 atom stereocenters. The third-order valence-corrected chi connectivity index (χ3v) is 2.78. The molecule has 0 unspecified atom stereocenters. The summed E-state index contributed by atoms with van der Waals surface area (Å²) < 4.78 is 5.09. The lowest BCUT2D eigenvalue weighted by atomic mass is 10.1. The molecule has 1 saturated heterocycles. The third-order valence-electron chi connectivity index (χ3n) is 2.78. The van der Waals surface area contributed by atoms with E-state index in [0.29, 0.717) is 11.3 Å². The molecule has 1 aromatic rings. The van der Waals surface area contributed by atoms with Crippen LogP contribution in [0, 0.1) is 0 Å². The largest absolute Gasteiger partial charge is 0.546 e. The van der Waals surface area contributed by atoms with Crippen LogP contribution in [0.15, 0.2) is 29.8 Å². The lowest BCUT2D eigenvalue weighted by Crippen LogP contribution is -2.51. The average molecular weight is 303 g/mol. The molecular formula is C14H11N2O6-. The summed E-state index contributed by atoms with van der Waals surface area (Å²) in [6, 6.07) is 5.15. The SMILES string of the molecule is C[C@@H](Oc1ccc(C=C2C(=O)NC(=O)NC2=O)cc1)C(=O)[O-]. The summed E-state index contributed by atoms with van der Waals surface area (Å²) in [4.78, 5) is 44.6. The minimum Gasteiger partial charge on any atom is -0.546 e. The molecule has 4 amide bonds. The summed E-state index contributed by atoms with van der Waals surface area (Å²) in [5.41, 5.74) is 0.291. The summed E-state index contributed by atoms with van der Waals surface area (Å²) in [6.45, 7) is 1.33. The first-order valence-corrected chi connectivity index (χ1v) is 6.23. The topological polar surface area (TPSA) is 125 Å². The van der Waals surface area contributed by atoms with Crippen LogP contribution in [0.3, 0.4) is 0 Å². The molecule has 2 N–H and O–H groups in total. The molecule has 1 aliphatic rings. The highest BCUT2D eigenvalue weighted by molar-refractivity contribution is 6.31. The summed E-state index contributed by atoms with van der Waals surface area (Å²) in [6.07, 6.45) is 0.188. The van der Waals surface area contributed by atoms with Crippen LogP contribution in [-0.2, 0) is 14.4 Å². The molecule has 0 aliphatic carbocycles. The van der Waals surface area contributed by atoms with Gasteiger partial charge in [-0.05, 0) is 30.7 Å². The zero-order valence-corrected chi connectivity index (χ0v) is 11.4.